The second-order valence-corrected chi connectivity index (χ2v) is 7.50. The van der Waals surface area contributed by atoms with Crippen LogP contribution in [0.5, 0.6) is 0 Å². The Morgan fingerprint density at radius 2 is 1.81 bits per heavy atom. The Hall–Kier alpha value is -1.16. The molecule has 0 saturated heterocycles. The molecule has 2 aliphatic rings. The Balaban J connectivity index is 1.61. The predicted octanol–water partition coefficient (Wildman–Crippen LogP) is 4.22. The molecule has 114 valence electrons. The largest absolute Gasteiger partial charge is 0.378 e. The molecule has 1 aliphatic carbocycles. The Bertz CT molecular complexity index is 501. The second kappa shape index (κ2) is 6.30. The van der Waals surface area contributed by atoms with Gasteiger partial charge in [-0.05, 0) is 42.5 Å². The molecule has 1 aliphatic heterocycles. The lowest BCUT2D eigenvalue weighted by Gasteiger charge is -2.38. The average molecular weight is 303 g/mol. The summed E-state index contributed by atoms with van der Waals surface area (Å²) in [5.74, 6) is 1.23. The van der Waals surface area contributed by atoms with E-state index < -0.39 is 0 Å². The van der Waals surface area contributed by atoms with Crippen LogP contribution in [0.3, 0.4) is 0 Å². The summed E-state index contributed by atoms with van der Waals surface area (Å²) in [7, 11) is 4.13. The Morgan fingerprint density at radius 1 is 1.10 bits per heavy atom. The number of hydrogen-bond donors (Lipinski definition) is 1. The highest BCUT2D eigenvalue weighted by Gasteiger charge is 2.34. The first-order valence-electron chi connectivity index (χ1n) is 7.89. The molecule has 1 saturated carbocycles. The highest BCUT2D eigenvalue weighted by atomic mass is 32.2. The van der Waals surface area contributed by atoms with Gasteiger partial charge in [-0.15, -0.1) is 0 Å². The van der Waals surface area contributed by atoms with E-state index in [4.69, 9.17) is 4.99 Å². The monoisotopic (exact) mass is 303 g/mol. The molecule has 0 atom stereocenters. The summed E-state index contributed by atoms with van der Waals surface area (Å²) >= 11 is 1.90. The third-order valence-corrected chi connectivity index (χ3v) is 5.88. The Morgan fingerprint density at radius 3 is 2.38 bits per heavy atom. The van der Waals surface area contributed by atoms with Gasteiger partial charge in [0, 0.05) is 37.8 Å². The van der Waals surface area contributed by atoms with Crippen molar-refractivity contribution < 1.29 is 0 Å². The van der Waals surface area contributed by atoms with Crippen LogP contribution < -0.4 is 10.2 Å². The van der Waals surface area contributed by atoms with E-state index in [0.717, 1.165) is 17.4 Å². The van der Waals surface area contributed by atoms with E-state index in [1.807, 2.05) is 11.8 Å². The molecule has 4 heteroatoms. The fourth-order valence-corrected chi connectivity index (χ4v) is 4.37. The first kappa shape index (κ1) is 14.8. The molecule has 0 unspecified atom stereocenters. The molecule has 21 heavy (non-hydrogen) atoms. The standard InChI is InChI=1S/C17H25N3S/c1-20(2)15-8-6-14(7-9-15)19-16-18-12-17(13-21-16)10-4-3-5-11-17/h6-9H,3-5,10-13H2,1-2H3,(H,18,19). The third kappa shape index (κ3) is 3.54. The minimum absolute atomic E-state index is 0.503. The first-order chi connectivity index (χ1) is 10.2. The fraction of sp³-hybridized carbons (Fsp3) is 0.588. The number of nitrogens with zero attached hydrogens (tertiary/aromatic N) is 2. The van der Waals surface area contributed by atoms with Gasteiger partial charge in [0.2, 0.25) is 0 Å². The van der Waals surface area contributed by atoms with E-state index in [9.17, 15) is 0 Å². The molecular weight excluding hydrogens is 278 g/mol. The van der Waals surface area contributed by atoms with Crippen molar-refractivity contribution in [3.05, 3.63) is 24.3 Å². The number of anilines is 2. The molecule has 1 N–H and O–H groups in total. The fourth-order valence-electron chi connectivity index (χ4n) is 3.20. The number of amidine groups is 1. The highest BCUT2D eigenvalue weighted by Crippen LogP contribution is 2.41. The molecule has 1 spiro atoms. The van der Waals surface area contributed by atoms with Crippen molar-refractivity contribution in [3.8, 4) is 0 Å². The van der Waals surface area contributed by atoms with Gasteiger partial charge in [-0.1, -0.05) is 31.0 Å². The number of thioether (sulfide) groups is 1. The summed E-state index contributed by atoms with van der Waals surface area (Å²) in [6.07, 6.45) is 6.94. The maximum atomic E-state index is 4.82. The van der Waals surface area contributed by atoms with Crippen molar-refractivity contribution in [2.45, 2.75) is 32.1 Å². The van der Waals surface area contributed by atoms with Crippen molar-refractivity contribution in [2.24, 2.45) is 10.4 Å². The Kier molecular flexibility index (Phi) is 4.43. The summed E-state index contributed by atoms with van der Waals surface area (Å²) in [5, 5.41) is 4.55. The van der Waals surface area contributed by atoms with E-state index >= 15 is 0 Å². The summed E-state index contributed by atoms with van der Waals surface area (Å²) in [6.45, 7) is 1.01. The minimum Gasteiger partial charge on any atom is -0.378 e. The lowest BCUT2D eigenvalue weighted by atomic mass is 9.75. The maximum absolute atomic E-state index is 4.82. The predicted molar refractivity (Wildman–Crippen MR) is 94.7 cm³/mol. The van der Waals surface area contributed by atoms with Gasteiger partial charge >= 0.3 is 0 Å². The molecule has 0 aromatic heterocycles. The molecule has 0 bridgehead atoms. The molecule has 3 rings (SSSR count). The van der Waals surface area contributed by atoms with E-state index in [1.165, 1.54) is 43.5 Å². The molecule has 1 aromatic carbocycles. The maximum Gasteiger partial charge on any atom is 0.161 e. The van der Waals surface area contributed by atoms with Gasteiger partial charge in [0.1, 0.15) is 0 Å². The van der Waals surface area contributed by atoms with Gasteiger partial charge < -0.3 is 10.2 Å². The average Bonchev–Trinajstić information content (AvgIpc) is 2.51. The minimum atomic E-state index is 0.503. The normalized spacial score (nSPS) is 21.0. The number of benzene rings is 1. The van der Waals surface area contributed by atoms with Crippen LogP contribution >= 0.6 is 11.8 Å². The SMILES string of the molecule is CN(C)c1ccc(NC2=NCC3(CCCCC3)CS2)cc1. The van der Waals surface area contributed by atoms with Crippen LogP contribution in [0.25, 0.3) is 0 Å². The van der Waals surface area contributed by atoms with Gasteiger partial charge in [-0.3, -0.25) is 4.99 Å². The van der Waals surface area contributed by atoms with Crippen LogP contribution in [0.2, 0.25) is 0 Å². The van der Waals surface area contributed by atoms with Crippen molar-refractivity contribution in [2.75, 3.05) is 36.6 Å². The molecular formula is C17H25N3S. The zero-order chi connectivity index (χ0) is 14.7. The molecule has 3 nitrogen and oxygen atoms in total. The zero-order valence-corrected chi connectivity index (χ0v) is 13.9. The van der Waals surface area contributed by atoms with E-state index in [0.29, 0.717) is 5.41 Å². The zero-order valence-electron chi connectivity index (χ0n) is 13.1. The molecule has 0 amide bonds. The number of nitrogens with one attached hydrogen (secondary N) is 1. The van der Waals surface area contributed by atoms with Crippen molar-refractivity contribution >= 4 is 28.3 Å². The van der Waals surface area contributed by atoms with Gasteiger partial charge in [-0.25, -0.2) is 0 Å². The van der Waals surface area contributed by atoms with Gasteiger partial charge in [0.15, 0.2) is 5.17 Å². The molecule has 1 fully saturated rings. The highest BCUT2D eigenvalue weighted by molar-refractivity contribution is 8.14. The molecule has 1 aromatic rings. The van der Waals surface area contributed by atoms with Gasteiger partial charge in [0.05, 0.1) is 0 Å². The van der Waals surface area contributed by atoms with E-state index in [-0.39, 0.29) is 0 Å². The third-order valence-electron chi connectivity index (χ3n) is 4.62. The Labute approximate surface area is 132 Å². The summed E-state index contributed by atoms with van der Waals surface area (Å²) in [6, 6.07) is 8.53. The summed E-state index contributed by atoms with van der Waals surface area (Å²) in [5.41, 5.74) is 2.86. The van der Waals surface area contributed by atoms with Crippen LogP contribution in [-0.2, 0) is 0 Å². The van der Waals surface area contributed by atoms with Crippen LogP contribution in [0, 0.1) is 5.41 Å². The smallest absolute Gasteiger partial charge is 0.161 e. The van der Waals surface area contributed by atoms with Crippen LogP contribution in [0.15, 0.2) is 29.3 Å². The number of aliphatic imine (C=N–C) groups is 1. The van der Waals surface area contributed by atoms with Crippen molar-refractivity contribution in [1.29, 1.82) is 0 Å². The van der Waals surface area contributed by atoms with Crippen LogP contribution in [0.4, 0.5) is 11.4 Å². The lowest BCUT2D eigenvalue weighted by molar-refractivity contribution is 0.232. The molecule has 0 radical (unpaired) electrons. The van der Waals surface area contributed by atoms with E-state index in [2.05, 4.69) is 48.6 Å². The molecule has 1 heterocycles. The number of hydrogen-bond acceptors (Lipinski definition) is 4. The first-order valence-corrected chi connectivity index (χ1v) is 8.87. The topological polar surface area (TPSA) is 27.6 Å². The quantitative estimate of drug-likeness (QED) is 0.886. The second-order valence-electron chi connectivity index (χ2n) is 6.54. The van der Waals surface area contributed by atoms with E-state index in [1.54, 1.807) is 0 Å². The van der Waals surface area contributed by atoms with Crippen molar-refractivity contribution in [1.82, 2.24) is 0 Å². The lowest BCUT2D eigenvalue weighted by Crippen LogP contribution is -2.35. The van der Waals surface area contributed by atoms with Gasteiger partial charge in [-0.2, -0.15) is 0 Å². The summed E-state index contributed by atoms with van der Waals surface area (Å²) < 4.78 is 0. The van der Waals surface area contributed by atoms with Gasteiger partial charge in [0.25, 0.3) is 0 Å². The van der Waals surface area contributed by atoms with Crippen LogP contribution in [-0.4, -0.2) is 31.6 Å². The van der Waals surface area contributed by atoms with Crippen molar-refractivity contribution in [3.63, 3.8) is 0 Å². The van der Waals surface area contributed by atoms with Crippen LogP contribution in [0.1, 0.15) is 32.1 Å². The summed E-state index contributed by atoms with van der Waals surface area (Å²) in [4.78, 5) is 6.93. The number of rotatable bonds is 2.